The molecule has 0 saturated heterocycles. The lowest BCUT2D eigenvalue weighted by Gasteiger charge is -2.13. The minimum absolute atomic E-state index is 0.151. The molecule has 90 valence electrons. The summed E-state index contributed by atoms with van der Waals surface area (Å²) in [5.74, 6) is -0.151. The molecule has 16 heavy (non-hydrogen) atoms. The van der Waals surface area contributed by atoms with Crippen LogP contribution < -0.4 is 5.32 Å². The van der Waals surface area contributed by atoms with Crippen molar-refractivity contribution in [3.8, 4) is 0 Å². The van der Waals surface area contributed by atoms with Crippen LogP contribution in [0.2, 0.25) is 0 Å². The number of methoxy groups -OCH3 is 1. The standard InChI is InChI=1S/C11H19N3O2/c1-10(9-14-8-4-7-13-14)12-6-3-5-11(15)16-2/h4,7-8,10,12H,3,5-6,9H2,1-2H3. The van der Waals surface area contributed by atoms with Crippen molar-refractivity contribution in [2.45, 2.75) is 32.4 Å². The quantitative estimate of drug-likeness (QED) is 0.551. The molecule has 0 spiro atoms. The van der Waals surface area contributed by atoms with Gasteiger partial charge in [-0.25, -0.2) is 0 Å². The molecular formula is C11H19N3O2. The smallest absolute Gasteiger partial charge is 0.305 e. The largest absolute Gasteiger partial charge is 0.469 e. The summed E-state index contributed by atoms with van der Waals surface area (Å²) in [6.07, 6.45) is 4.98. The van der Waals surface area contributed by atoms with E-state index in [1.165, 1.54) is 7.11 Å². The molecule has 5 heteroatoms. The van der Waals surface area contributed by atoms with E-state index in [1.807, 2.05) is 16.9 Å². The van der Waals surface area contributed by atoms with Crippen LogP contribution in [0.3, 0.4) is 0 Å². The zero-order valence-corrected chi connectivity index (χ0v) is 9.85. The zero-order valence-electron chi connectivity index (χ0n) is 9.85. The fraction of sp³-hybridized carbons (Fsp3) is 0.636. The Labute approximate surface area is 95.8 Å². The minimum Gasteiger partial charge on any atom is -0.469 e. The summed E-state index contributed by atoms with van der Waals surface area (Å²) in [6.45, 7) is 3.75. The summed E-state index contributed by atoms with van der Waals surface area (Å²) in [7, 11) is 1.41. The maximum Gasteiger partial charge on any atom is 0.305 e. The fourth-order valence-electron chi connectivity index (χ4n) is 1.44. The molecule has 1 N–H and O–H groups in total. The Morgan fingerprint density at radius 3 is 3.06 bits per heavy atom. The third-order valence-corrected chi connectivity index (χ3v) is 2.30. The maximum atomic E-state index is 10.8. The van der Waals surface area contributed by atoms with Gasteiger partial charge in [0.15, 0.2) is 0 Å². The van der Waals surface area contributed by atoms with Gasteiger partial charge < -0.3 is 10.1 Å². The molecule has 5 nitrogen and oxygen atoms in total. The Hall–Kier alpha value is -1.36. The van der Waals surface area contributed by atoms with Gasteiger partial charge >= 0.3 is 5.97 Å². The number of ether oxygens (including phenoxy) is 1. The van der Waals surface area contributed by atoms with Gasteiger partial charge in [-0.2, -0.15) is 5.10 Å². The molecule has 0 radical (unpaired) electrons. The van der Waals surface area contributed by atoms with Crippen molar-refractivity contribution < 1.29 is 9.53 Å². The second kappa shape index (κ2) is 7.00. The number of hydrogen-bond acceptors (Lipinski definition) is 4. The second-order valence-corrected chi connectivity index (χ2v) is 3.76. The zero-order chi connectivity index (χ0) is 11.8. The summed E-state index contributed by atoms with van der Waals surface area (Å²) in [5, 5.41) is 7.46. The van der Waals surface area contributed by atoms with Crippen LogP contribution in [-0.4, -0.2) is 35.4 Å². The molecule has 1 unspecified atom stereocenters. The van der Waals surface area contributed by atoms with E-state index >= 15 is 0 Å². The molecule has 1 aromatic heterocycles. The van der Waals surface area contributed by atoms with E-state index in [2.05, 4.69) is 22.1 Å². The van der Waals surface area contributed by atoms with Crippen LogP contribution in [0.5, 0.6) is 0 Å². The van der Waals surface area contributed by atoms with Crippen molar-refractivity contribution in [1.82, 2.24) is 15.1 Å². The number of hydrogen-bond donors (Lipinski definition) is 1. The first-order valence-corrected chi connectivity index (χ1v) is 5.50. The highest BCUT2D eigenvalue weighted by Crippen LogP contribution is 1.93. The Kier molecular flexibility index (Phi) is 5.56. The van der Waals surface area contributed by atoms with Gasteiger partial charge in [-0.05, 0) is 26.0 Å². The molecule has 0 fully saturated rings. The Balaban J connectivity index is 2.06. The van der Waals surface area contributed by atoms with Gasteiger partial charge in [-0.1, -0.05) is 0 Å². The van der Waals surface area contributed by atoms with Crippen LogP contribution in [0.15, 0.2) is 18.5 Å². The summed E-state index contributed by atoms with van der Waals surface area (Å²) < 4.78 is 6.45. The van der Waals surface area contributed by atoms with E-state index < -0.39 is 0 Å². The van der Waals surface area contributed by atoms with Crippen LogP contribution in [0.25, 0.3) is 0 Å². The average molecular weight is 225 g/mol. The monoisotopic (exact) mass is 225 g/mol. The van der Waals surface area contributed by atoms with E-state index in [4.69, 9.17) is 0 Å². The number of rotatable bonds is 7. The molecule has 0 aliphatic rings. The maximum absolute atomic E-state index is 10.8. The molecular weight excluding hydrogens is 206 g/mol. The lowest BCUT2D eigenvalue weighted by atomic mass is 10.3. The third-order valence-electron chi connectivity index (χ3n) is 2.30. The van der Waals surface area contributed by atoms with Gasteiger partial charge in [-0.3, -0.25) is 9.48 Å². The first-order chi connectivity index (χ1) is 7.72. The van der Waals surface area contributed by atoms with Crippen molar-refractivity contribution in [1.29, 1.82) is 0 Å². The van der Waals surface area contributed by atoms with Gasteiger partial charge in [0.1, 0.15) is 0 Å². The van der Waals surface area contributed by atoms with Crippen LogP contribution >= 0.6 is 0 Å². The van der Waals surface area contributed by atoms with Gasteiger partial charge in [0.05, 0.1) is 13.7 Å². The molecule has 0 saturated carbocycles. The van der Waals surface area contributed by atoms with E-state index in [0.29, 0.717) is 12.5 Å². The van der Waals surface area contributed by atoms with Gasteiger partial charge in [0, 0.05) is 24.9 Å². The second-order valence-electron chi connectivity index (χ2n) is 3.76. The van der Waals surface area contributed by atoms with Gasteiger partial charge in [0.25, 0.3) is 0 Å². The normalized spacial score (nSPS) is 12.4. The summed E-state index contributed by atoms with van der Waals surface area (Å²) in [6, 6.07) is 2.25. The third kappa shape index (κ3) is 4.93. The molecule has 1 aromatic rings. The summed E-state index contributed by atoms with van der Waals surface area (Å²) in [5.41, 5.74) is 0. The van der Waals surface area contributed by atoms with E-state index in [0.717, 1.165) is 19.5 Å². The predicted molar refractivity (Wildman–Crippen MR) is 60.9 cm³/mol. The van der Waals surface area contributed by atoms with E-state index in [9.17, 15) is 4.79 Å². The minimum atomic E-state index is -0.151. The van der Waals surface area contributed by atoms with Crippen molar-refractivity contribution in [2.24, 2.45) is 0 Å². The molecule has 0 amide bonds. The number of nitrogens with one attached hydrogen (secondary N) is 1. The predicted octanol–water partition coefficient (Wildman–Crippen LogP) is 0.814. The van der Waals surface area contributed by atoms with Crippen LogP contribution in [0.4, 0.5) is 0 Å². The van der Waals surface area contributed by atoms with Crippen LogP contribution in [-0.2, 0) is 16.1 Å². The molecule has 0 aliphatic carbocycles. The van der Waals surface area contributed by atoms with Crippen molar-refractivity contribution in [2.75, 3.05) is 13.7 Å². The molecule has 0 aliphatic heterocycles. The average Bonchev–Trinajstić information content (AvgIpc) is 2.76. The Bertz CT molecular complexity index is 298. The highest BCUT2D eigenvalue weighted by atomic mass is 16.5. The highest BCUT2D eigenvalue weighted by molar-refractivity contribution is 5.69. The molecule has 0 bridgehead atoms. The SMILES string of the molecule is COC(=O)CCCNC(C)Cn1cccn1. The molecule has 1 atom stereocenters. The van der Waals surface area contributed by atoms with E-state index in [-0.39, 0.29) is 5.97 Å². The molecule has 1 rings (SSSR count). The van der Waals surface area contributed by atoms with Crippen molar-refractivity contribution in [3.05, 3.63) is 18.5 Å². The first-order valence-electron chi connectivity index (χ1n) is 5.50. The number of carbonyl (C=O) groups excluding carboxylic acids is 1. The fourth-order valence-corrected chi connectivity index (χ4v) is 1.44. The highest BCUT2D eigenvalue weighted by Gasteiger charge is 2.03. The van der Waals surface area contributed by atoms with Crippen molar-refractivity contribution >= 4 is 5.97 Å². The lowest BCUT2D eigenvalue weighted by molar-refractivity contribution is -0.140. The lowest BCUT2D eigenvalue weighted by Crippen LogP contribution is -2.31. The Morgan fingerprint density at radius 2 is 2.44 bits per heavy atom. The number of nitrogens with zero attached hydrogens (tertiary/aromatic N) is 2. The van der Waals surface area contributed by atoms with E-state index in [1.54, 1.807) is 6.20 Å². The topological polar surface area (TPSA) is 56.1 Å². The van der Waals surface area contributed by atoms with Crippen molar-refractivity contribution in [3.63, 3.8) is 0 Å². The molecule has 1 heterocycles. The summed E-state index contributed by atoms with van der Waals surface area (Å²) in [4.78, 5) is 10.8. The molecule has 0 aromatic carbocycles. The number of aromatic nitrogens is 2. The van der Waals surface area contributed by atoms with Crippen LogP contribution in [0.1, 0.15) is 19.8 Å². The van der Waals surface area contributed by atoms with Gasteiger partial charge in [-0.15, -0.1) is 0 Å². The number of carbonyl (C=O) groups is 1. The van der Waals surface area contributed by atoms with Gasteiger partial charge in [0.2, 0.25) is 0 Å². The Morgan fingerprint density at radius 1 is 1.62 bits per heavy atom. The number of esters is 1. The van der Waals surface area contributed by atoms with Crippen LogP contribution in [0, 0.1) is 0 Å². The first kappa shape index (κ1) is 12.7. The summed E-state index contributed by atoms with van der Waals surface area (Å²) >= 11 is 0.